The van der Waals surface area contributed by atoms with Gasteiger partial charge in [-0.3, -0.25) is 9.69 Å². The van der Waals surface area contributed by atoms with E-state index in [4.69, 9.17) is 16.3 Å². The summed E-state index contributed by atoms with van der Waals surface area (Å²) >= 11 is 6.06. The quantitative estimate of drug-likeness (QED) is 0.813. The molecule has 114 valence electrons. The fraction of sp³-hybridized carbons (Fsp3) is 0.278. The lowest BCUT2D eigenvalue weighted by atomic mass is 9.93. The Bertz CT molecular complexity index is 686. The molecule has 0 fully saturated rings. The van der Waals surface area contributed by atoms with Crippen LogP contribution in [-0.2, 0) is 29.0 Å². The predicted molar refractivity (Wildman–Crippen MR) is 86.6 cm³/mol. The summed E-state index contributed by atoms with van der Waals surface area (Å²) in [7, 11) is 1.44. The van der Waals surface area contributed by atoms with Gasteiger partial charge in [0.2, 0.25) is 0 Å². The first-order chi connectivity index (χ1) is 10.7. The van der Waals surface area contributed by atoms with Crippen molar-refractivity contribution in [2.45, 2.75) is 25.6 Å². The molecule has 0 bridgehead atoms. The number of methoxy groups -OCH3 is 1. The first-order valence-electron chi connectivity index (χ1n) is 7.30. The van der Waals surface area contributed by atoms with Crippen molar-refractivity contribution in [3.63, 3.8) is 0 Å². The van der Waals surface area contributed by atoms with E-state index in [-0.39, 0.29) is 12.0 Å². The minimum Gasteiger partial charge on any atom is -0.468 e. The molecule has 1 atom stereocenters. The van der Waals surface area contributed by atoms with Crippen molar-refractivity contribution in [1.82, 2.24) is 4.90 Å². The Hall–Kier alpha value is -1.84. The van der Waals surface area contributed by atoms with Crippen molar-refractivity contribution in [2.24, 2.45) is 0 Å². The summed E-state index contributed by atoms with van der Waals surface area (Å²) in [6.07, 6.45) is 0.684. The van der Waals surface area contributed by atoms with Crippen LogP contribution in [0.4, 0.5) is 0 Å². The van der Waals surface area contributed by atoms with Crippen LogP contribution < -0.4 is 0 Å². The van der Waals surface area contributed by atoms with Crippen LogP contribution in [0.25, 0.3) is 0 Å². The molecule has 3 nitrogen and oxygen atoms in total. The van der Waals surface area contributed by atoms with Crippen LogP contribution >= 0.6 is 11.6 Å². The zero-order valence-corrected chi connectivity index (χ0v) is 13.2. The molecule has 0 radical (unpaired) electrons. The molecule has 3 rings (SSSR count). The predicted octanol–water partition coefficient (Wildman–Crippen LogP) is 3.44. The zero-order valence-electron chi connectivity index (χ0n) is 12.5. The molecule has 1 aliphatic heterocycles. The number of rotatable bonds is 3. The largest absolute Gasteiger partial charge is 0.468 e. The molecule has 0 N–H and O–H groups in total. The highest BCUT2D eigenvalue weighted by atomic mass is 35.5. The zero-order chi connectivity index (χ0) is 15.5. The molecule has 1 unspecified atom stereocenters. The maximum absolute atomic E-state index is 12.2. The molecule has 2 aromatic carbocycles. The Morgan fingerprint density at radius 3 is 2.73 bits per heavy atom. The van der Waals surface area contributed by atoms with E-state index in [1.807, 2.05) is 36.4 Å². The highest BCUT2D eigenvalue weighted by molar-refractivity contribution is 6.30. The number of carbonyl (C=O) groups excluding carboxylic acids is 1. The number of benzene rings is 2. The van der Waals surface area contributed by atoms with Crippen LogP contribution in [0, 0.1) is 0 Å². The van der Waals surface area contributed by atoms with Gasteiger partial charge in [0.05, 0.1) is 7.11 Å². The minimum absolute atomic E-state index is 0.184. The minimum atomic E-state index is -0.251. The third-order valence-corrected chi connectivity index (χ3v) is 4.33. The summed E-state index contributed by atoms with van der Waals surface area (Å²) in [4.78, 5) is 14.3. The van der Waals surface area contributed by atoms with Gasteiger partial charge in [0.25, 0.3) is 0 Å². The van der Waals surface area contributed by atoms with E-state index in [0.717, 1.165) is 12.1 Å². The van der Waals surface area contributed by atoms with Gasteiger partial charge in [-0.15, -0.1) is 0 Å². The van der Waals surface area contributed by atoms with Crippen LogP contribution in [0.1, 0.15) is 16.7 Å². The van der Waals surface area contributed by atoms with Crippen LogP contribution in [0.2, 0.25) is 5.02 Å². The molecule has 0 saturated heterocycles. The van der Waals surface area contributed by atoms with Gasteiger partial charge < -0.3 is 4.74 Å². The number of ether oxygens (including phenoxy) is 1. The molecule has 0 amide bonds. The van der Waals surface area contributed by atoms with Gasteiger partial charge in [0.15, 0.2) is 0 Å². The third-order valence-electron chi connectivity index (χ3n) is 4.09. The molecular formula is C18H18ClNO2. The maximum atomic E-state index is 12.2. The Morgan fingerprint density at radius 1 is 1.23 bits per heavy atom. The summed E-state index contributed by atoms with van der Waals surface area (Å²) in [5.41, 5.74) is 3.59. The van der Waals surface area contributed by atoms with Crippen molar-refractivity contribution >= 4 is 17.6 Å². The number of halogens is 1. The smallest absolute Gasteiger partial charge is 0.323 e. The Balaban J connectivity index is 1.88. The second kappa shape index (κ2) is 6.51. The lowest BCUT2D eigenvalue weighted by Gasteiger charge is -2.35. The Morgan fingerprint density at radius 2 is 2.00 bits per heavy atom. The highest BCUT2D eigenvalue weighted by Gasteiger charge is 2.32. The van der Waals surface area contributed by atoms with E-state index in [1.165, 1.54) is 18.2 Å². The van der Waals surface area contributed by atoms with Crippen molar-refractivity contribution < 1.29 is 9.53 Å². The SMILES string of the molecule is COC(=O)C1Cc2ccccc2CN1Cc1cccc(Cl)c1. The second-order valence-corrected chi connectivity index (χ2v) is 5.98. The van der Waals surface area contributed by atoms with Gasteiger partial charge in [0, 0.05) is 18.1 Å². The fourth-order valence-electron chi connectivity index (χ4n) is 2.98. The van der Waals surface area contributed by atoms with Gasteiger partial charge in [-0.1, -0.05) is 48.0 Å². The highest BCUT2D eigenvalue weighted by Crippen LogP contribution is 2.26. The summed E-state index contributed by atoms with van der Waals surface area (Å²) in [6, 6.07) is 15.8. The van der Waals surface area contributed by atoms with Gasteiger partial charge in [-0.25, -0.2) is 0 Å². The molecule has 0 aromatic heterocycles. The van der Waals surface area contributed by atoms with E-state index in [2.05, 4.69) is 17.0 Å². The standard InChI is InChI=1S/C18H18ClNO2/c1-22-18(21)17-10-14-6-2-3-7-15(14)12-20(17)11-13-5-4-8-16(19)9-13/h2-9,17H,10-12H2,1H3. The number of hydrogen-bond donors (Lipinski definition) is 0. The number of hydrogen-bond acceptors (Lipinski definition) is 3. The third kappa shape index (κ3) is 3.16. The van der Waals surface area contributed by atoms with Crippen molar-refractivity contribution in [1.29, 1.82) is 0 Å². The van der Waals surface area contributed by atoms with E-state index >= 15 is 0 Å². The van der Waals surface area contributed by atoms with Gasteiger partial charge >= 0.3 is 5.97 Å². The maximum Gasteiger partial charge on any atom is 0.323 e. The molecule has 0 saturated carbocycles. The summed E-state index contributed by atoms with van der Waals surface area (Å²) in [5, 5.41) is 0.713. The monoisotopic (exact) mass is 315 g/mol. The molecular weight excluding hydrogens is 298 g/mol. The summed E-state index contributed by atoms with van der Waals surface area (Å²) in [5.74, 6) is -0.184. The molecule has 0 aliphatic carbocycles. The average Bonchev–Trinajstić information content (AvgIpc) is 2.53. The molecule has 1 heterocycles. The van der Waals surface area contributed by atoms with Gasteiger partial charge in [0.1, 0.15) is 6.04 Å². The topological polar surface area (TPSA) is 29.5 Å². The first-order valence-corrected chi connectivity index (χ1v) is 7.68. The Kier molecular flexibility index (Phi) is 4.46. The van der Waals surface area contributed by atoms with E-state index < -0.39 is 0 Å². The molecule has 1 aliphatic rings. The Labute approximate surface area is 135 Å². The second-order valence-electron chi connectivity index (χ2n) is 5.55. The number of esters is 1. The molecule has 2 aromatic rings. The summed E-state index contributed by atoms with van der Waals surface area (Å²) in [6.45, 7) is 1.41. The normalized spacial score (nSPS) is 17.8. The number of nitrogens with zero attached hydrogens (tertiary/aromatic N) is 1. The van der Waals surface area contributed by atoms with E-state index in [9.17, 15) is 4.79 Å². The van der Waals surface area contributed by atoms with Crippen LogP contribution in [0.15, 0.2) is 48.5 Å². The van der Waals surface area contributed by atoms with Crippen molar-refractivity contribution in [2.75, 3.05) is 7.11 Å². The summed E-state index contributed by atoms with van der Waals surface area (Å²) < 4.78 is 4.99. The molecule has 0 spiro atoms. The number of carbonyl (C=O) groups is 1. The van der Waals surface area contributed by atoms with Crippen LogP contribution in [0.3, 0.4) is 0 Å². The molecule has 4 heteroatoms. The average molecular weight is 316 g/mol. The van der Waals surface area contributed by atoms with Crippen molar-refractivity contribution in [3.05, 3.63) is 70.2 Å². The van der Waals surface area contributed by atoms with Gasteiger partial charge in [-0.2, -0.15) is 0 Å². The van der Waals surface area contributed by atoms with Crippen LogP contribution in [-0.4, -0.2) is 24.0 Å². The first kappa shape index (κ1) is 15.1. The fourth-order valence-corrected chi connectivity index (χ4v) is 3.19. The lowest BCUT2D eigenvalue weighted by molar-refractivity contribution is -0.147. The van der Waals surface area contributed by atoms with E-state index in [1.54, 1.807) is 0 Å². The van der Waals surface area contributed by atoms with Crippen molar-refractivity contribution in [3.8, 4) is 0 Å². The van der Waals surface area contributed by atoms with Gasteiger partial charge in [-0.05, 0) is 35.2 Å². The lowest BCUT2D eigenvalue weighted by Crippen LogP contribution is -2.45. The molecule has 22 heavy (non-hydrogen) atoms. The number of fused-ring (bicyclic) bond motifs is 1. The van der Waals surface area contributed by atoms with Crippen LogP contribution in [0.5, 0.6) is 0 Å². The van der Waals surface area contributed by atoms with E-state index in [0.29, 0.717) is 18.0 Å².